The van der Waals surface area contributed by atoms with Crippen LogP contribution in [0.25, 0.3) is 0 Å². The van der Waals surface area contributed by atoms with Crippen molar-refractivity contribution in [1.82, 2.24) is 15.5 Å². The average molecular weight is 364 g/mol. The van der Waals surface area contributed by atoms with Crippen LogP contribution in [-0.2, 0) is 11.3 Å². The topological polar surface area (TPSA) is 67.4 Å². The zero-order chi connectivity index (χ0) is 19.0. The van der Waals surface area contributed by atoms with Crippen LogP contribution in [0.4, 0.5) is 0 Å². The van der Waals surface area contributed by atoms with Gasteiger partial charge in [-0.05, 0) is 39.1 Å². The average Bonchev–Trinajstić information content (AvgIpc) is 2.68. The summed E-state index contributed by atoms with van der Waals surface area (Å²) >= 11 is 0. The van der Waals surface area contributed by atoms with Crippen LogP contribution >= 0.6 is 0 Å². The molecular weight excluding hydrogens is 332 g/mol. The van der Waals surface area contributed by atoms with Crippen molar-refractivity contribution >= 4 is 5.96 Å². The Labute approximate surface area is 156 Å². The van der Waals surface area contributed by atoms with Crippen LogP contribution in [0.1, 0.15) is 18.4 Å². The molecule has 7 heteroatoms. The minimum atomic E-state index is 0.0909. The van der Waals surface area contributed by atoms with Crippen LogP contribution in [0.3, 0.4) is 0 Å². The predicted molar refractivity (Wildman–Crippen MR) is 104 cm³/mol. The van der Waals surface area contributed by atoms with E-state index in [2.05, 4.69) is 34.6 Å². The number of likely N-dealkylation sites (N-methyl/N-ethyl adjacent to an activating group) is 1. The first-order valence-electron chi connectivity index (χ1n) is 8.95. The first-order chi connectivity index (χ1) is 12.5. The summed E-state index contributed by atoms with van der Waals surface area (Å²) in [4.78, 5) is 6.64. The fraction of sp³-hybridized carbons (Fsp3) is 0.632. The van der Waals surface area contributed by atoms with Crippen LogP contribution in [-0.4, -0.2) is 71.5 Å². The molecule has 0 spiro atoms. The molecule has 0 aliphatic carbocycles. The summed E-state index contributed by atoms with van der Waals surface area (Å²) in [7, 11) is 9.36. The third-order valence-electron chi connectivity index (χ3n) is 5.12. The lowest BCUT2D eigenvalue weighted by Crippen LogP contribution is -2.57. The van der Waals surface area contributed by atoms with E-state index in [1.54, 1.807) is 21.3 Å². The van der Waals surface area contributed by atoms with Gasteiger partial charge in [0.05, 0.1) is 14.2 Å². The molecule has 1 aliphatic heterocycles. The molecule has 1 fully saturated rings. The Balaban J connectivity index is 1.95. The second kappa shape index (κ2) is 9.64. The van der Waals surface area contributed by atoms with Gasteiger partial charge in [-0.15, -0.1) is 0 Å². The van der Waals surface area contributed by atoms with Gasteiger partial charge < -0.3 is 29.7 Å². The number of nitrogens with one attached hydrogen (secondary N) is 2. The minimum Gasteiger partial charge on any atom is -0.497 e. The number of ether oxygens (including phenoxy) is 3. The highest BCUT2D eigenvalue weighted by atomic mass is 16.5. The predicted octanol–water partition coefficient (Wildman–Crippen LogP) is 1.48. The van der Waals surface area contributed by atoms with Crippen LogP contribution in [0, 0.1) is 0 Å². The molecular formula is C19H32N4O3. The van der Waals surface area contributed by atoms with Crippen molar-refractivity contribution in [1.29, 1.82) is 0 Å². The van der Waals surface area contributed by atoms with Crippen molar-refractivity contribution in [3.05, 3.63) is 23.8 Å². The van der Waals surface area contributed by atoms with Crippen molar-refractivity contribution < 1.29 is 14.2 Å². The van der Waals surface area contributed by atoms with E-state index < -0.39 is 0 Å². The third-order valence-corrected chi connectivity index (χ3v) is 5.12. The number of nitrogens with zero attached hydrogens (tertiary/aromatic N) is 2. The summed E-state index contributed by atoms with van der Waals surface area (Å²) < 4.78 is 16.2. The van der Waals surface area contributed by atoms with Crippen LogP contribution in [0.15, 0.2) is 23.2 Å². The lowest BCUT2D eigenvalue weighted by Gasteiger charge is -2.43. The molecule has 0 radical (unpaired) electrons. The van der Waals surface area contributed by atoms with Crippen molar-refractivity contribution in [2.45, 2.75) is 24.9 Å². The monoisotopic (exact) mass is 364 g/mol. The number of methoxy groups -OCH3 is 2. The van der Waals surface area contributed by atoms with Crippen molar-refractivity contribution in [3.63, 3.8) is 0 Å². The Hall–Kier alpha value is -1.99. The SMILES string of the molecule is CN=C(NCc1ccc(OC)cc1OC)NCC1(N(C)C)CCOCC1. The summed E-state index contributed by atoms with van der Waals surface area (Å²) in [6.07, 6.45) is 2.02. The zero-order valence-corrected chi connectivity index (χ0v) is 16.6. The Morgan fingerprint density at radius 1 is 1.19 bits per heavy atom. The lowest BCUT2D eigenvalue weighted by molar-refractivity contribution is -0.00501. The van der Waals surface area contributed by atoms with Gasteiger partial charge >= 0.3 is 0 Å². The molecule has 0 atom stereocenters. The second-order valence-corrected chi connectivity index (χ2v) is 6.69. The molecule has 0 amide bonds. The van der Waals surface area contributed by atoms with E-state index >= 15 is 0 Å². The summed E-state index contributed by atoms with van der Waals surface area (Å²) in [5.41, 5.74) is 1.14. The summed E-state index contributed by atoms with van der Waals surface area (Å²) in [6.45, 7) is 3.04. The van der Waals surface area contributed by atoms with Gasteiger partial charge in [0.1, 0.15) is 11.5 Å². The number of hydrogen-bond acceptors (Lipinski definition) is 5. The Bertz CT molecular complexity index is 598. The van der Waals surface area contributed by atoms with Gasteiger partial charge in [-0.1, -0.05) is 0 Å². The van der Waals surface area contributed by atoms with Gasteiger partial charge in [-0.25, -0.2) is 0 Å². The minimum absolute atomic E-state index is 0.0909. The molecule has 1 aromatic carbocycles. The van der Waals surface area contributed by atoms with Crippen molar-refractivity contribution in [2.75, 3.05) is 55.1 Å². The first-order valence-corrected chi connectivity index (χ1v) is 8.95. The molecule has 1 heterocycles. The second-order valence-electron chi connectivity index (χ2n) is 6.69. The maximum Gasteiger partial charge on any atom is 0.191 e. The smallest absolute Gasteiger partial charge is 0.191 e. The van der Waals surface area contributed by atoms with Crippen molar-refractivity contribution in [3.8, 4) is 11.5 Å². The maximum atomic E-state index is 5.53. The number of aliphatic imine (C=N–C) groups is 1. The number of guanidine groups is 1. The van der Waals surface area contributed by atoms with Crippen LogP contribution < -0.4 is 20.1 Å². The maximum absolute atomic E-state index is 5.53. The summed E-state index contributed by atoms with van der Waals surface area (Å²) in [6, 6.07) is 5.81. The normalized spacial score (nSPS) is 17.1. The van der Waals surface area contributed by atoms with E-state index in [1.807, 2.05) is 18.2 Å². The molecule has 146 valence electrons. The van der Waals surface area contributed by atoms with E-state index in [0.29, 0.717) is 6.54 Å². The highest BCUT2D eigenvalue weighted by Crippen LogP contribution is 2.25. The molecule has 1 aromatic rings. The number of hydrogen-bond donors (Lipinski definition) is 2. The molecule has 2 N–H and O–H groups in total. The molecule has 1 aliphatic rings. The van der Waals surface area contributed by atoms with Crippen LogP contribution in [0.5, 0.6) is 11.5 Å². The van der Waals surface area contributed by atoms with E-state index in [9.17, 15) is 0 Å². The molecule has 0 bridgehead atoms. The molecule has 0 unspecified atom stereocenters. The third kappa shape index (κ3) is 5.02. The number of rotatable bonds is 7. The van der Waals surface area contributed by atoms with Crippen molar-refractivity contribution in [2.24, 2.45) is 4.99 Å². The van der Waals surface area contributed by atoms with Gasteiger partial charge in [0.15, 0.2) is 5.96 Å². The fourth-order valence-electron chi connectivity index (χ4n) is 3.18. The molecule has 0 saturated carbocycles. The van der Waals surface area contributed by atoms with E-state index in [4.69, 9.17) is 14.2 Å². The van der Waals surface area contributed by atoms with E-state index in [1.165, 1.54) is 0 Å². The molecule has 2 rings (SSSR count). The standard InChI is InChI=1S/C19H32N4O3/c1-20-18(22-14-19(23(2)3)8-10-26-11-9-19)21-13-15-6-7-16(24-4)12-17(15)25-5/h6-7,12H,8-11,13-14H2,1-5H3,(H2,20,21,22). The van der Waals surface area contributed by atoms with Gasteiger partial charge in [0, 0.05) is 50.5 Å². The van der Waals surface area contributed by atoms with Gasteiger partial charge in [0.25, 0.3) is 0 Å². The fourth-order valence-corrected chi connectivity index (χ4v) is 3.18. The summed E-state index contributed by atoms with van der Waals surface area (Å²) in [5.74, 6) is 2.35. The molecule has 1 saturated heterocycles. The Morgan fingerprint density at radius 2 is 1.92 bits per heavy atom. The molecule has 7 nitrogen and oxygen atoms in total. The summed E-state index contributed by atoms with van der Waals surface area (Å²) in [5, 5.41) is 6.83. The Morgan fingerprint density at radius 3 is 2.50 bits per heavy atom. The quantitative estimate of drug-likeness (QED) is 0.564. The largest absolute Gasteiger partial charge is 0.497 e. The van der Waals surface area contributed by atoms with Gasteiger partial charge in [0.2, 0.25) is 0 Å². The molecule has 26 heavy (non-hydrogen) atoms. The number of benzene rings is 1. The highest BCUT2D eigenvalue weighted by molar-refractivity contribution is 5.79. The van der Waals surface area contributed by atoms with E-state index in [-0.39, 0.29) is 5.54 Å². The van der Waals surface area contributed by atoms with Gasteiger partial charge in [-0.3, -0.25) is 4.99 Å². The molecule has 0 aromatic heterocycles. The van der Waals surface area contributed by atoms with E-state index in [0.717, 1.165) is 55.6 Å². The van der Waals surface area contributed by atoms with Crippen LogP contribution in [0.2, 0.25) is 0 Å². The Kier molecular flexibility index (Phi) is 7.53. The zero-order valence-electron chi connectivity index (χ0n) is 16.6. The van der Waals surface area contributed by atoms with Gasteiger partial charge in [-0.2, -0.15) is 0 Å². The highest BCUT2D eigenvalue weighted by Gasteiger charge is 2.34. The first kappa shape index (κ1) is 20.3. The lowest BCUT2D eigenvalue weighted by atomic mass is 9.88.